The molecule has 0 fully saturated rings. The van der Waals surface area contributed by atoms with E-state index in [0.717, 1.165) is 12.1 Å². The van der Waals surface area contributed by atoms with Crippen LogP contribution in [0.15, 0.2) is 30.9 Å². The molecule has 0 bridgehead atoms. The van der Waals surface area contributed by atoms with E-state index >= 15 is 0 Å². The van der Waals surface area contributed by atoms with Gasteiger partial charge < -0.3 is 10.2 Å². The van der Waals surface area contributed by atoms with E-state index in [1.165, 1.54) is 25.1 Å². The van der Waals surface area contributed by atoms with E-state index in [1.54, 1.807) is 6.08 Å². The van der Waals surface area contributed by atoms with Crippen LogP contribution in [0.25, 0.3) is 0 Å². The van der Waals surface area contributed by atoms with Gasteiger partial charge in [0.2, 0.25) is 5.91 Å². The summed E-state index contributed by atoms with van der Waals surface area (Å²) in [5.41, 5.74) is 0.0163. The number of nitrogens with zero attached hydrogens (tertiary/aromatic N) is 1. The van der Waals surface area contributed by atoms with Crippen LogP contribution in [-0.2, 0) is 4.79 Å². The minimum absolute atomic E-state index is 0.0452. The highest BCUT2D eigenvalue weighted by molar-refractivity contribution is 6.03. The molecule has 1 aromatic carbocycles. The lowest BCUT2D eigenvalue weighted by atomic mass is 10.0. The Balaban J connectivity index is 3.10. The third kappa shape index (κ3) is 4.00. The smallest absolute Gasteiger partial charge is 0.255 e. The van der Waals surface area contributed by atoms with Crippen LogP contribution in [0.1, 0.15) is 33.6 Å². The van der Waals surface area contributed by atoms with Crippen molar-refractivity contribution in [2.24, 2.45) is 0 Å². The molecule has 0 aliphatic heterocycles. The molecule has 0 heterocycles. The van der Waals surface area contributed by atoms with E-state index in [1.807, 2.05) is 0 Å². The topological polar surface area (TPSA) is 66.5 Å². The molecular weight excluding hydrogens is 287 g/mol. The highest BCUT2D eigenvalue weighted by Gasteiger charge is 2.27. The molecule has 0 radical (unpaired) electrons. The zero-order valence-corrected chi connectivity index (χ0v) is 12.6. The maximum atomic E-state index is 13.1. The van der Waals surface area contributed by atoms with Crippen LogP contribution in [-0.4, -0.2) is 43.1 Å². The molecule has 118 valence electrons. The maximum Gasteiger partial charge on any atom is 0.255 e. The van der Waals surface area contributed by atoms with Crippen LogP contribution < -0.4 is 5.32 Å². The highest BCUT2D eigenvalue weighted by Crippen LogP contribution is 2.15. The summed E-state index contributed by atoms with van der Waals surface area (Å²) in [5, 5.41) is 2.50. The van der Waals surface area contributed by atoms with Crippen LogP contribution in [0.5, 0.6) is 0 Å². The lowest BCUT2D eigenvalue weighted by molar-refractivity contribution is -0.125. The predicted octanol–water partition coefficient (Wildman–Crippen LogP) is 1.79. The number of allylic oxidation sites excluding steroid dienone is 1. The fourth-order valence-corrected chi connectivity index (χ4v) is 2.10. The second-order valence-electron chi connectivity index (χ2n) is 4.76. The Bertz CT molecular complexity index is 587. The number of hydrogen-bond acceptors (Lipinski definition) is 3. The molecule has 0 saturated heterocycles. The van der Waals surface area contributed by atoms with Crippen LogP contribution in [0, 0.1) is 5.82 Å². The summed E-state index contributed by atoms with van der Waals surface area (Å²) < 4.78 is 13.1. The van der Waals surface area contributed by atoms with Crippen molar-refractivity contribution >= 4 is 18.1 Å². The van der Waals surface area contributed by atoms with Crippen molar-refractivity contribution in [1.82, 2.24) is 10.2 Å². The van der Waals surface area contributed by atoms with Crippen LogP contribution >= 0.6 is 0 Å². The van der Waals surface area contributed by atoms with Gasteiger partial charge in [0.05, 0.1) is 5.56 Å². The molecule has 0 aromatic heterocycles. The second kappa shape index (κ2) is 8.07. The number of carbonyl (C=O) groups excluding carboxylic acids is 3. The predicted molar refractivity (Wildman–Crippen MR) is 81.2 cm³/mol. The van der Waals surface area contributed by atoms with Gasteiger partial charge in [-0.05, 0) is 31.0 Å². The summed E-state index contributed by atoms with van der Waals surface area (Å²) in [6, 6.07) is 2.64. The number of likely N-dealkylation sites (N-methyl/N-ethyl adjacent to an activating group) is 2. The summed E-state index contributed by atoms with van der Waals surface area (Å²) in [6.45, 7) is 3.59. The van der Waals surface area contributed by atoms with Gasteiger partial charge in [0.25, 0.3) is 5.91 Å². The van der Waals surface area contributed by atoms with Gasteiger partial charge in [-0.15, -0.1) is 6.58 Å². The van der Waals surface area contributed by atoms with E-state index in [2.05, 4.69) is 11.9 Å². The fourth-order valence-electron chi connectivity index (χ4n) is 2.10. The van der Waals surface area contributed by atoms with Crippen molar-refractivity contribution in [3.05, 3.63) is 47.8 Å². The molecular formula is C16H19FN2O3. The third-order valence-corrected chi connectivity index (χ3v) is 3.35. The summed E-state index contributed by atoms with van der Waals surface area (Å²) >= 11 is 0. The molecule has 2 amide bonds. The number of hydrogen-bond donors (Lipinski definition) is 1. The van der Waals surface area contributed by atoms with Gasteiger partial charge in [-0.1, -0.05) is 6.08 Å². The number of benzene rings is 1. The number of halogens is 1. The summed E-state index contributed by atoms with van der Waals surface area (Å²) in [6.07, 6.45) is 3.04. The zero-order valence-electron chi connectivity index (χ0n) is 12.6. The van der Waals surface area contributed by atoms with Crippen molar-refractivity contribution in [3.8, 4) is 0 Å². The molecule has 0 saturated carbocycles. The Hall–Kier alpha value is -2.50. The van der Waals surface area contributed by atoms with E-state index in [9.17, 15) is 18.8 Å². The molecule has 0 aliphatic carbocycles. The second-order valence-corrected chi connectivity index (χ2v) is 4.76. The van der Waals surface area contributed by atoms with Crippen molar-refractivity contribution < 1.29 is 18.8 Å². The van der Waals surface area contributed by atoms with Gasteiger partial charge in [-0.2, -0.15) is 0 Å². The Morgan fingerprint density at radius 2 is 2.14 bits per heavy atom. The minimum Gasteiger partial charge on any atom is -0.357 e. The lowest BCUT2D eigenvalue weighted by Crippen LogP contribution is -2.47. The first-order valence-electron chi connectivity index (χ1n) is 6.80. The normalized spacial score (nSPS) is 11.4. The SMILES string of the molecule is C=CCCC(C(=O)NC)N(C)C(=O)c1ccc(F)cc1C=O. The van der Waals surface area contributed by atoms with Gasteiger partial charge in [0.15, 0.2) is 6.29 Å². The van der Waals surface area contributed by atoms with E-state index < -0.39 is 17.8 Å². The Morgan fingerprint density at radius 1 is 1.45 bits per heavy atom. The number of nitrogens with one attached hydrogen (secondary N) is 1. The molecule has 1 rings (SSSR count). The molecule has 22 heavy (non-hydrogen) atoms. The first-order chi connectivity index (χ1) is 10.5. The molecule has 5 nitrogen and oxygen atoms in total. The van der Waals surface area contributed by atoms with Gasteiger partial charge >= 0.3 is 0 Å². The van der Waals surface area contributed by atoms with Crippen LogP contribution in [0.3, 0.4) is 0 Å². The van der Waals surface area contributed by atoms with Gasteiger partial charge in [0.1, 0.15) is 11.9 Å². The van der Waals surface area contributed by atoms with Crippen molar-refractivity contribution in [1.29, 1.82) is 0 Å². The number of aldehydes is 1. The van der Waals surface area contributed by atoms with Crippen molar-refractivity contribution in [2.45, 2.75) is 18.9 Å². The third-order valence-electron chi connectivity index (χ3n) is 3.35. The van der Waals surface area contributed by atoms with Crippen LogP contribution in [0.2, 0.25) is 0 Å². The zero-order chi connectivity index (χ0) is 16.7. The van der Waals surface area contributed by atoms with Gasteiger partial charge in [-0.3, -0.25) is 14.4 Å². The van der Waals surface area contributed by atoms with Crippen LogP contribution in [0.4, 0.5) is 4.39 Å². The molecule has 1 aromatic rings. The molecule has 0 spiro atoms. The number of carbonyl (C=O) groups is 3. The molecule has 0 aliphatic rings. The molecule has 6 heteroatoms. The lowest BCUT2D eigenvalue weighted by Gasteiger charge is -2.27. The molecule has 1 N–H and O–H groups in total. The molecule has 1 unspecified atom stereocenters. The average molecular weight is 306 g/mol. The summed E-state index contributed by atoms with van der Waals surface area (Å²) in [4.78, 5) is 36.7. The van der Waals surface area contributed by atoms with Crippen molar-refractivity contribution in [3.63, 3.8) is 0 Å². The standard InChI is InChI=1S/C16H19FN2O3/c1-4-5-6-14(15(21)18-2)19(3)16(22)13-8-7-12(17)9-11(13)10-20/h4,7-10,14H,1,5-6H2,2-3H3,(H,18,21). The number of amides is 2. The minimum atomic E-state index is -0.694. The first kappa shape index (κ1) is 17.6. The Labute approximate surface area is 128 Å². The summed E-state index contributed by atoms with van der Waals surface area (Å²) in [5.74, 6) is -1.43. The Morgan fingerprint density at radius 3 is 2.68 bits per heavy atom. The van der Waals surface area contributed by atoms with E-state index in [4.69, 9.17) is 0 Å². The average Bonchev–Trinajstić information content (AvgIpc) is 2.53. The quantitative estimate of drug-likeness (QED) is 0.617. The van der Waals surface area contributed by atoms with Gasteiger partial charge in [0, 0.05) is 19.7 Å². The highest BCUT2D eigenvalue weighted by atomic mass is 19.1. The summed E-state index contributed by atoms with van der Waals surface area (Å²) in [7, 11) is 2.96. The van der Waals surface area contributed by atoms with Crippen molar-refractivity contribution in [2.75, 3.05) is 14.1 Å². The maximum absolute atomic E-state index is 13.1. The Kier molecular flexibility index (Phi) is 6.44. The monoisotopic (exact) mass is 306 g/mol. The first-order valence-corrected chi connectivity index (χ1v) is 6.80. The number of rotatable bonds is 7. The van der Waals surface area contributed by atoms with E-state index in [-0.39, 0.29) is 17.0 Å². The largest absolute Gasteiger partial charge is 0.357 e. The van der Waals surface area contributed by atoms with E-state index in [0.29, 0.717) is 19.1 Å². The fraction of sp³-hybridized carbons (Fsp3) is 0.312. The van der Waals surface area contributed by atoms with Gasteiger partial charge in [-0.25, -0.2) is 4.39 Å². The molecule has 1 atom stereocenters.